The van der Waals surface area contributed by atoms with Crippen molar-refractivity contribution in [3.63, 3.8) is 0 Å². The van der Waals surface area contributed by atoms with E-state index in [1.807, 2.05) is 45.9 Å². The number of hydrogen-bond acceptors (Lipinski definition) is 4. The Labute approximate surface area is 205 Å². The molecule has 34 heavy (non-hydrogen) atoms. The van der Waals surface area contributed by atoms with Crippen LogP contribution in [0.2, 0.25) is 0 Å². The lowest BCUT2D eigenvalue weighted by molar-refractivity contribution is -0.139. The molecule has 7 heteroatoms. The lowest BCUT2D eigenvalue weighted by atomic mass is 9.95. The highest BCUT2D eigenvalue weighted by atomic mass is 16.6. The highest BCUT2D eigenvalue weighted by Gasteiger charge is 2.38. The van der Waals surface area contributed by atoms with Gasteiger partial charge in [0.05, 0.1) is 0 Å². The van der Waals surface area contributed by atoms with E-state index >= 15 is 0 Å². The van der Waals surface area contributed by atoms with Gasteiger partial charge in [-0.3, -0.25) is 14.5 Å². The Morgan fingerprint density at radius 3 is 2.24 bits per heavy atom. The second kappa shape index (κ2) is 12.5. The second-order valence-electron chi connectivity index (χ2n) is 10.2. The summed E-state index contributed by atoms with van der Waals surface area (Å²) in [4.78, 5) is 40.7. The molecule has 7 nitrogen and oxygen atoms in total. The monoisotopic (exact) mass is 471 g/mol. The van der Waals surface area contributed by atoms with Crippen molar-refractivity contribution in [3.05, 3.63) is 34.9 Å². The summed E-state index contributed by atoms with van der Waals surface area (Å²) in [6.07, 6.45) is 6.81. The molecule has 1 rings (SSSR count). The molecule has 1 aromatic rings. The minimum atomic E-state index is -1.04. The van der Waals surface area contributed by atoms with Crippen LogP contribution in [0.4, 0.5) is 4.79 Å². The molecule has 0 radical (unpaired) electrons. The van der Waals surface area contributed by atoms with E-state index in [-0.39, 0.29) is 17.9 Å². The SMILES string of the molecule is C#CN(C(=O)C(NC(=O)OC(C)(C)C)C(C)C)C(C(=O)NC(C)CCC)c1cc(C)ccc1C. The van der Waals surface area contributed by atoms with Crippen LogP contribution in [-0.4, -0.2) is 40.5 Å². The normalized spacial score (nSPS) is 13.9. The van der Waals surface area contributed by atoms with Crippen LogP contribution in [0.25, 0.3) is 0 Å². The van der Waals surface area contributed by atoms with Crippen LogP contribution >= 0.6 is 0 Å². The van der Waals surface area contributed by atoms with Gasteiger partial charge in [0.15, 0.2) is 0 Å². The third kappa shape index (κ3) is 8.40. The number of carbonyl (C=O) groups is 3. The van der Waals surface area contributed by atoms with Gasteiger partial charge in [-0.25, -0.2) is 4.79 Å². The fraction of sp³-hybridized carbons (Fsp3) is 0.593. The van der Waals surface area contributed by atoms with Crippen molar-refractivity contribution in [1.82, 2.24) is 15.5 Å². The van der Waals surface area contributed by atoms with Gasteiger partial charge in [-0.15, -0.1) is 0 Å². The molecule has 0 heterocycles. The average Bonchev–Trinajstić information content (AvgIpc) is 2.70. The molecule has 0 aliphatic carbocycles. The number of hydrogen-bond donors (Lipinski definition) is 2. The number of alkyl carbamates (subject to hydrolysis) is 1. The van der Waals surface area contributed by atoms with Crippen LogP contribution in [0, 0.1) is 32.2 Å². The molecule has 0 aromatic heterocycles. The first-order valence-corrected chi connectivity index (χ1v) is 11.9. The first-order valence-electron chi connectivity index (χ1n) is 11.9. The molecule has 1 aromatic carbocycles. The van der Waals surface area contributed by atoms with Gasteiger partial charge in [0, 0.05) is 12.1 Å². The Balaban J connectivity index is 3.44. The lowest BCUT2D eigenvalue weighted by Gasteiger charge is -2.33. The fourth-order valence-electron chi connectivity index (χ4n) is 3.64. The Morgan fingerprint density at radius 2 is 1.74 bits per heavy atom. The van der Waals surface area contributed by atoms with Crippen LogP contribution < -0.4 is 10.6 Å². The van der Waals surface area contributed by atoms with Gasteiger partial charge in [0.1, 0.15) is 17.7 Å². The Morgan fingerprint density at radius 1 is 1.12 bits per heavy atom. The topological polar surface area (TPSA) is 87.7 Å². The summed E-state index contributed by atoms with van der Waals surface area (Å²) in [7, 11) is 0. The summed E-state index contributed by atoms with van der Waals surface area (Å²) in [6.45, 7) is 16.6. The van der Waals surface area contributed by atoms with Crippen molar-refractivity contribution in [3.8, 4) is 12.5 Å². The highest BCUT2D eigenvalue weighted by Crippen LogP contribution is 2.27. The maximum atomic E-state index is 13.7. The average molecular weight is 472 g/mol. The summed E-state index contributed by atoms with van der Waals surface area (Å²) in [5.74, 6) is -1.20. The van der Waals surface area contributed by atoms with Gasteiger partial charge in [-0.2, -0.15) is 0 Å². The number of terminal acetylenes is 1. The molecule has 0 saturated heterocycles. The summed E-state index contributed by atoms with van der Waals surface area (Å²) >= 11 is 0. The Hall–Kier alpha value is -3.01. The number of nitrogens with zero attached hydrogens (tertiary/aromatic N) is 1. The quantitative estimate of drug-likeness (QED) is 0.406. The first kappa shape index (κ1) is 29.0. The molecule has 0 spiro atoms. The number of amides is 3. The molecule has 0 aliphatic heterocycles. The van der Waals surface area contributed by atoms with Crippen LogP contribution in [0.5, 0.6) is 0 Å². The molecular formula is C27H41N3O4. The van der Waals surface area contributed by atoms with E-state index in [0.29, 0.717) is 5.56 Å². The van der Waals surface area contributed by atoms with E-state index < -0.39 is 29.7 Å². The largest absolute Gasteiger partial charge is 0.444 e. The number of nitrogens with one attached hydrogen (secondary N) is 2. The zero-order chi connectivity index (χ0) is 26.2. The predicted molar refractivity (Wildman–Crippen MR) is 135 cm³/mol. The van der Waals surface area contributed by atoms with Gasteiger partial charge < -0.3 is 15.4 Å². The van der Waals surface area contributed by atoms with Crippen LogP contribution in [0.15, 0.2) is 18.2 Å². The molecule has 3 atom stereocenters. The molecule has 3 unspecified atom stereocenters. The molecule has 0 aliphatic rings. The number of aryl methyl sites for hydroxylation is 2. The lowest BCUT2D eigenvalue weighted by Crippen LogP contribution is -2.54. The molecule has 3 amide bonds. The molecule has 188 valence electrons. The minimum Gasteiger partial charge on any atom is -0.444 e. The molecule has 0 fully saturated rings. The van der Waals surface area contributed by atoms with E-state index in [1.165, 1.54) is 0 Å². The zero-order valence-corrected chi connectivity index (χ0v) is 22.1. The van der Waals surface area contributed by atoms with Crippen molar-refractivity contribution in [1.29, 1.82) is 0 Å². The third-order valence-corrected chi connectivity index (χ3v) is 5.33. The number of rotatable bonds is 9. The number of carbonyl (C=O) groups excluding carboxylic acids is 3. The maximum absolute atomic E-state index is 13.7. The van der Waals surface area contributed by atoms with Gasteiger partial charge >= 0.3 is 6.09 Å². The van der Waals surface area contributed by atoms with Gasteiger partial charge in [0.25, 0.3) is 5.91 Å². The predicted octanol–water partition coefficient (Wildman–Crippen LogP) is 4.62. The van der Waals surface area contributed by atoms with Crippen molar-refractivity contribution in [2.45, 2.75) is 98.9 Å². The summed E-state index contributed by atoms with van der Waals surface area (Å²) < 4.78 is 5.34. The summed E-state index contributed by atoms with van der Waals surface area (Å²) in [6, 6.07) is 6.03. The third-order valence-electron chi connectivity index (χ3n) is 5.33. The summed E-state index contributed by atoms with van der Waals surface area (Å²) in [5.41, 5.74) is 1.70. The van der Waals surface area contributed by atoms with Crippen LogP contribution in [0.3, 0.4) is 0 Å². The van der Waals surface area contributed by atoms with Gasteiger partial charge in [-0.05, 0) is 65.0 Å². The minimum absolute atomic E-state index is 0.0828. The first-order chi connectivity index (χ1) is 15.7. The maximum Gasteiger partial charge on any atom is 0.408 e. The van der Waals surface area contributed by atoms with Gasteiger partial charge in [-0.1, -0.05) is 57.4 Å². The van der Waals surface area contributed by atoms with Crippen molar-refractivity contribution in [2.24, 2.45) is 5.92 Å². The number of benzene rings is 1. The van der Waals surface area contributed by atoms with Crippen molar-refractivity contribution >= 4 is 17.9 Å². The van der Waals surface area contributed by atoms with Crippen LogP contribution in [0.1, 0.15) is 84.0 Å². The van der Waals surface area contributed by atoms with E-state index in [1.54, 1.807) is 34.6 Å². The van der Waals surface area contributed by atoms with E-state index in [2.05, 4.69) is 16.7 Å². The Kier molecular flexibility index (Phi) is 10.6. The zero-order valence-electron chi connectivity index (χ0n) is 22.1. The smallest absolute Gasteiger partial charge is 0.408 e. The summed E-state index contributed by atoms with van der Waals surface area (Å²) in [5, 5.41) is 5.64. The number of ether oxygens (including phenoxy) is 1. The standard InChI is InChI=1S/C27H41N3O4/c1-11-13-20(7)28-24(31)23(21-16-18(5)14-15-19(21)6)30(12-2)25(32)22(17(3)4)29-26(33)34-27(8,9)10/h2,14-17,20,22-23H,11,13H2,1,3-10H3,(H,28,31)(H,29,33). The Bertz CT molecular complexity index is 911. The highest BCUT2D eigenvalue weighted by molar-refractivity contribution is 5.93. The van der Waals surface area contributed by atoms with E-state index in [9.17, 15) is 14.4 Å². The fourth-order valence-corrected chi connectivity index (χ4v) is 3.64. The van der Waals surface area contributed by atoms with E-state index in [4.69, 9.17) is 11.2 Å². The molecule has 0 saturated carbocycles. The molecule has 2 N–H and O–H groups in total. The van der Waals surface area contributed by atoms with E-state index in [0.717, 1.165) is 28.9 Å². The van der Waals surface area contributed by atoms with Crippen LogP contribution in [-0.2, 0) is 14.3 Å². The molecular weight excluding hydrogens is 430 g/mol. The van der Waals surface area contributed by atoms with Crippen molar-refractivity contribution in [2.75, 3.05) is 0 Å². The van der Waals surface area contributed by atoms with Gasteiger partial charge in [0.2, 0.25) is 5.91 Å². The second-order valence-corrected chi connectivity index (χ2v) is 10.2. The van der Waals surface area contributed by atoms with Crippen molar-refractivity contribution < 1.29 is 19.1 Å². The molecule has 0 bridgehead atoms.